The van der Waals surface area contributed by atoms with Crippen LogP contribution in [0.1, 0.15) is 15.9 Å². The summed E-state index contributed by atoms with van der Waals surface area (Å²) in [6.07, 6.45) is -2.61. The maximum Gasteiger partial charge on any atom is 0.417 e. The van der Waals surface area contributed by atoms with Gasteiger partial charge in [-0.25, -0.2) is 0 Å². The molecule has 0 saturated carbocycles. The molecule has 2 nitrogen and oxygen atoms in total. The normalized spacial score (nSPS) is 11.4. The molecule has 0 bridgehead atoms. The fourth-order valence-corrected chi connectivity index (χ4v) is 2.74. The van der Waals surface area contributed by atoms with Gasteiger partial charge >= 0.3 is 6.18 Å². The summed E-state index contributed by atoms with van der Waals surface area (Å²) in [4.78, 5) is 16.3. The number of hydrogen-bond acceptors (Lipinski definition) is 3. The molecule has 0 atom stereocenters. The molecule has 0 unspecified atom stereocenters. The van der Waals surface area contributed by atoms with E-state index in [4.69, 9.17) is 11.6 Å². The second kappa shape index (κ2) is 6.49. The van der Waals surface area contributed by atoms with Gasteiger partial charge in [0.25, 0.3) is 0 Å². The molecule has 0 amide bonds. The van der Waals surface area contributed by atoms with Gasteiger partial charge in [-0.3, -0.25) is 9.78 Å². The van der Waals surface area contributed by atoms with Crippen LogP contribution in [0.3, 0.4) is 0 Å². The first kappa shape index (κ1) is 15.9. The third-order valence-corrected chi connectivity index (χ3v) is 3.82. The van der Waals surface area contributed by atoms with Gasteiger partial charge in [-0.2, -0.15) is 13.2 Å². The molecule has 0 spiro atoms. The van der Waals surface area contributed by atoms with Crippen molar-refractivity contribution >= 4 is 29.1 Å². The van der Waals surface area contributed by atoms with Crippen LogP contribution in [0.5, 0.6) is 0 Å². The Bertz CT molecular complexity index is 661. The van der Waals surface area contributed by atoms with E-state index >= 15 is 0 Å². The van der Waals surface area contributed by atoms with Crippen LogP contribution >= 0.6 is 23.4 Å². The number of Topliss-reactive ketones (excluding diaryl/α,β-unsaturated/α-hetero) is 1. The number of hydrogen-bond donors (Lipinski definition) is 0. The highest BCUT2D eigenvalue weighted by Gasteiger charge is 2.34. The number of ketones is 1. The standard InChI is InChI=1S/C14H9ClF3NOS/c15-9-2-1-3-10(6-9)21-8-13(20)11-7-19-5-4-12(11)14(16,17)18/h1-7H,8H2. The Kier molecular flexibility index (Phi) is 4.90. The van der Waals surface area contributed by atoms with E-state index in [-0.39, 0.29) is 5.75 Å². The molecule has 0 aliphatic heterocycles. The van der Waals surface area contributed by atoms with Crippen molar-refractivity contribution in [3.05, 3.63) is 58.9 Å². The molecule has 0 aliphatic rings. The Morgan fingerprint density at radius 2 is 2.05 bits per heavy atom. The van der Waals surface area contributed by atoms with Crippen molar-refractivity contribution < 1.29 is 18.0 Å². The van der Waals surface area contributed by atoms with Crippen LogP contribution in [-0.2, 0) is 6.18 Å². The molecule has 0 N–H and O–H groups in total. The van der Waals surface area contributed by atoms with Crippen molar-refractivity contribution in [3.63, 3.8) is 0 Å². The number of halogens is 4. The lowest BCUT2D eigenvalue weighted by Crippen LogP contribution is -2.14. The van der Waals surface area contributed by atoms with Crippen molar-refractivity contribution in [2.24, 2.45) is 0 Å². The minimum atomic E-state index is -4.57. The summed E-state index contributed by atoms with van der Waals surface area (Å²) in [6, 6.07) is 7.57. The van der Waals surface area contributed by atoms with E-state index in [9.17, 15) is 18.0 Å². The predicted molar refractivity (Wildman–Crippen MR) is 75.7 cm³/mol. The van der Waals surface area contributed by atoms with E-state index in [1.54, 1.807) is 24.3 Å². The number of pyridine rings is 1. The SMILES string of the molecule is O=C(CSc1cccc(Cl)c1)c1cnccc1C(F)(F)F. The van der Waals surface area contributed by atoms with E-state index in [0.717, 1.165) is 30.2 Å². The predicted octanol–water partition coefficient (Wildman–Crippen LogP) is 4.73. The lowest BCUT2D eigenvalue weighted by molar-refractivity contribution is -0.138. The smallest absolute Gasteiger partial charge is 0.293 e. The molecule has 1 aromatic carbocycles. The number of rotatable bonds is 4. The van der Waals surface area contributed by atoms with E-state index in [0.29, 0.717) is 9.92 Å². The van der Waals surface area contributed by atoms with Crippen molar-refractivity contribution in [3.8, 4) is 0 Å². The van der Waals surface area contributed by atoms with E-state index in [1.165, 1.54) is 0 Å². The van der Waals surface area contributed by atoms with Crippen LogP contribution in [0.2, 0.25) is 5.02 Å². The first-order chi connectivity index (χ1) is 9.88. The lowest BCUT2D eigenvalue weighted by atomic mass is 10.1. The molecular formula is C14H9ClF3NOS. The third-order valence-electron chi connectivity index (χ3n) is 2.59. The van der Waals surface area contributed by atoms with Gasteiger partial charge in [0, 0.05) is 27.9 Å². The van der Waals surface area contributed by atoms with Gasteiger partial charge < -0.3 is 0 Å². The molecule has 0 fully saturated rings. The van der Waals surface area contributed by atoms with Crippen molar-refractivity contribution in [2.45, 2.75) is 11.1 Å². The Labute approximate surface area is 128 Å². The second-order valence-electron chi connectivity index (χ2n) is 4.09. The van der Waals surface area contributed by atoms with Crippen molar-refractivity contribution in [2.75, 3.05) is 5.75 Å². The summed E-state index contributed by atoms with van der Waals surface area (Å²) in [5, 5.41) is 0.504. The quantitative estimate of drug-likeness (QED) is 0.599. The summed E-state index contributed by atoms with van der Waals surface area (Å²) in [6.45, 7) is 0. The average molecular weight is 332 g/mol. The minimum Gasteiger partial charge on any atom is -0.293 e. The molecule has 2 rings (SSSR count). The number of thioether (sulfide) groups is 1. The summed E-state index contributed by atoms with van der Waals surface area (Å²) < 4.78 is 38.5. The number of carbonyl (C=O) groups is 1. The maximum atomic E-state index is 12.8. The van der Waals surface area contributed by atoms with Crippen molar-refractivity contribution in [1.29, 1.82) is 0 Å². The molecule has 110 valence electrons. The topological polar surface area (TPSA) is 30.0 Å². The largest absolute Gasteiger partial charge is 0.417 e. The van der Waals surface area contributed by atoms with Crippen LogP contribution in [0, 0.1) is 0 Å². The molecule has 0 saturated heterocycles. The van der Waals surface area contributed by atoms with Crippen LogP contribution in [0.15, 0.2) is 47.6 Å². The van der Waals surface area contributed by atoms with Crippen LogP contribution in [-0.4, -0.2) is 16.5 Å². The van der Waals surface area contributed by atoms with E-state index in [1.807, 2.05) is 0 Å². The number of nitrogens with zero attached hydrogens (tertiary/aromatic N) is 1. The highest BCUT2D eigenvalue weighted by atomic mass is 35.5. The molecule has 1 heterocycles. The number of alkyl halides is 3. The molecule has 1 aromatic heterocycles. The van der Waals surface area contributed by atoms with E-state index in [2.05, 4.69) is 4.98 Å². The van der Waals surface area contributed by atoms with E-state index < -0.39 is 23.1 Å². The van der Waals surface area contributed by atoms with Gasteiger partial charge in [-0.05, 0) is 24.3 Å². The first-order valence-corrected chi connectivity index (χ1v) is 7.17. The van der Waals surface area contributed by atoms with Gasteiger partial charge in [0.2, 0.25) is 0 Å². The number of aromatic nitrogens is 1. The molecular weight excluding hydrogens is 323 g/mol. The van der Waals surface area contributed by atoms with Gasteiger partial charge in [0.1, 0.15) is 0 Å². The third kappa shape index (κ3) is 4.22. The summed E-state index contributed by atoms with van der Waals surface area (Å²) in [5.74, 6) is -0.741. The molecule has 7 heteroatoms. The first-order valence-electron chi connectivity index (χ1n) is 5.80. The van der Waals surface area contributed by atoms with Gasteiger partial charge in [0.15, 0.2) is 5.78 Å². The molecule has 0 radical (unpaired) electrons. The zero-order valence-corrected chi connectivity index (χ0v) is 12.1. The summed E-state index contributed by atoms with van der Waals surface area (Å²) in [7, 11) is 0. The number of carbonyl (C=O) groups excluding carboxylic acids is 1. The zero-order chi connectivity index (χ0) is 15.5. The lowest BCUT2D eigenvalue weighted by Gasteiger charge is -2.11. The monoisotopic (exact) mass is 331 g/mol. The minimum absolute atomic E-state index is 0.116. The summed E-state index contributed by atoms with van der Waals surface area (Å²) >= 11 is 6.93. The van der Waals surface area contributed by atoms with Crippen LogP contribution < -0.4 is 0 Å². The molecule has 21 heavy (non-hydrogen) atoms. The second-order valence-corrected chi connectivity index (χ2v) is 5.57. The van der Waals surface area contributed by atoms with Crippen molar-refractivity contribution in [1.82, 2.24) is 4.98 Å². The van der Waals surface area contributed by atoms with Crippen LogP contribution in [0.25, 0.3) is 0 Å². The van der Waals surface area contributed by atoms with Gasteiger partial charge in [0.05, 0.1) is 11.3 Å². The molecule has 2 aromatic rings. The number of benzene rings is 1. The fourth-order valence-electron chi connectivity index (χ4n) is 1.65. The fraction of sp³-hybridized carbons (Fsp3) is 0.143. The van der Waals surface area contributed by atoms with Crippen LogP contribution in [0.4, 0.5) is 13.2 Å². The zero-order valence-electron chi connectivity index (χ0n) is 10.5. The molecule has 0 aliphatic carbocycles. The average Bonchev–Trinajstić information content (AvgIpc) is 2.44. The Hall–Kier alpha value is -1.53. The highest BCUT2D eigenvalue weighted by Crippen LogP contribution is 2.32. The maximum absolute atomic E-state index is 12.8. The highest BCUT2D eigenvalue weighted by molar-refractivity contribution is 8.00. The Balaban J connectivity index is 2.14. The van der Waals surface area contributed by atoms with Gasteiger partial charge in [-0.15, -0.1) is 11.8 Å². The Morgan fingerprint density at radius 1 is 1.29 bits per heavy atom. The Morgan fingerprint density at radius 3 is 2.71 bits per heavy atom. The van der Waals surface area contributed by atoms with Gasteiger partial charge in [-0.1, -0.05) is 17.7 Å². The summed E-state index contributed by atoms with van der Waals surface area (Å²) in [5.41, 5.74) is -1.38.